The summed E-state index contributed by atoms with van der Waals surface area (Å²) in [6.45, 7) is -0.572. The fourth-order valence-corrected chi connectivity index (χ4v) is 0.397. The molecule has 54 valence electrons. The molecule has 0 bridgehead atoms. The molecule has 0 aliphatic heterocycles. The molecule has 10 heavy (non-hydrogen) atoms. The first kappa shape index (κ1) is 6.97. The van der Waals surface area contributed by atoms with Crippen LogP contribution in [-0.4, -0.2) is 30.6 Å². The highest BCUT2D eigenvalue weighted by Crippen LogP contribution is 1.84. The molecule has 0 aliphatic carbocycles. The Balaban J connectivity index is 2.80. The second kappa shape index (κ2) is 3.14. The number of hydrogen-bond donors (Lipinski definition) is 2. The summed E-state index contributed by atoms with van der Waals surface area (Å²) in [4.78, 5) is 0. The number of hydrogen-bond acceptors (Lipinski definition) is 6. The maximum Gasteiger partial charge on any atom is 0.198 e. The monoisotopic (exact) mass is 142 g/mol. The van der Waals surface area contributed by atoms with Gasteiger partial charge in [-0.1, -0.05) is 0 Å². The average Bonchev–Trinajstić information content (AvgIpc) is 2.05. The third-order valence-corrected chi connectivity index (χ3v) is 0.845. The highest BCUT2D eigenvalue weighted by molar-refractivity contribution is 4.77. The minimum atomic E-state index is -0.286. The fraction of sp³-hybridized carbons (Fsp3) is 0.500. The molecule has 0 saturated carbocycles. The third kappa shape index (κ3) is 1.42. The number of nitrogens with zero attached hydrogens (tertiary/aromatic N) is 4. The van der Waals surface area contributed by atoms with E-state index in [-0.39, 0.29) is 24.9 Å². The summed E-state index contributed by atoms with van der Waals surface area (Å²) in [5.41, 5.74) is 0. The third-order valence-electron chi connectivity index (χ3n) is 0.845. The minimum absolute atomic E-state index is 0.150. The molecule has 1 aromatic heterocycles. The van der Waals surface area contributed by atoms with Crippen LogP contribution in [0.2, 0.25) is 0 Å². The van der Waals surface area contributed by atoms with Gasteiger partial charge in [-0.15, -0.1) is 20.4 Å². The van der Waals surface area contributed by atoms with E-state index in [0.717, 1.165) is 0 Å². The van der Waals surface area contributed by atoms with Gasteiger partial charge in [0, 0.05) is 0 Å². The van der Waals surface area contributed by atoms with Crippen molar-refractivity contribution in [3.8, 4) is 0 Å². The summed E-state index contributed by atoms with van der Waals surface area (Å²) in [5.74, 6) is 0.300. The molecule has 6 nitrogen and oxygen atoms in total. The zero-order chi connectivity index (χ0) is 7.40. The second-order valence-corrected chi connectivity index (χ2v) is 1.55. The van der Waals surface area contributed by atoms with Crippen molar-refractivity contribution in [3.63, 3.8) is 0 Å². The van der Waals surface area contributed by atoms with Crippen molar-refractivity contribution >= 4 is 0 Å². The summed E-state index contributed by atoms with van der Waals surface area (Å²) in [5, 5.41) is 30.6. The van der Waals surface area contributed by atoms with E-state index in [4.69, 9.17) is 10.2 Å². The van der Waals surface area contributed by atoms with Gasteiger partial charge in [-0.05, 0) is 0 Å². The van der Waals surface area contributed by atoms with Crippen molar-refractivity contribution in [3.05, 3.63) is 11.6 Å². The van der Waals surface area contributed by atoms with Crippen LogP contribution in [0.15, 0.2) is 0 Å². The quantitative estimate of drug-likeness (QED) is 0.508. The van der Waals surface area contributed by atoms with Crippen LogP contribution in [0.3, 0.4) is 0 Å². The van der Waals surface area contributed by atoms with Crippen LogP contribution < -0.4 is 0 Å². The Kier molecular flexibility index (Phi) is 2.19. The van der Waals surface area contributed by atoms with Gasteiger partial charge in [0.2, 0.25) is 0 Å². The SMILES string of the molecule is OCc1nnc(CO)nn1. The van der Waals surface area contributed by atoms with Crippen molar-refractivity contribution in [2.75, 3.05) is 0 Å². The van der Waals surface area contributed by atoms with E-state index in [1.165, 1.54) is 0 Å². The molecule has 0 spiro atoms. The zero-order valence-electron chi connectivity index (χ0n) is 5.10. The van der Waals surface area contributed by atoms with E-state index in [1.54, 1.807) is 0 Å². The lowest BCUT2D eigenvalue weighted by molar-refractivity contribution is 0.254. The zero-order valence-corrected chi connectivity index (χ0v) is 5.10. The van der Waals surface area contributed by atoms with Gasteiger partial charge in [0.25, 0.3) is 0 Å². The summed E-state index contributed by atoms with van der Waals surface area (Å²) in [6.07, 6.45) is 0. The van der Waals surface area contributed by atoms with E-state index >= 15 is 0 Å². The van der Waals surface area contributed by atoms with Gasteiger partial charge < -0.3 is 10.2 Å². The van der Waals surface area contributed by atoms with Gasteiger partial charge >= 0.3 is 0 Å². The van der Waals surface area contributed by atoms with E-state index in [0.29, 0.717) is 0 Å². The molecule has 2 N–H and O–H groups in total. The second-order valence-electron chi connectivity index (χ2n) is 1.55. The minimum Gasteiger partial charge on any atom is -0.388 e. The molecule has 0 aliphatic rings. The van der Waals surface area contributed by atoms with Crippen molar-refractivity contribution < 1.29 is 10.2 Å². The topological polar surface area (TPSA) is 92.0 Å². The van der Waals surface area contributed by atoms with E-state index in [2.05, 4.69) is 20.4 Å². The number of aliphatic hydroxyl groups excluding tert-OH is 2. The van der Waals surface area contributed by atoms with Gasteiger partial charge in [-0.3, -0.25) is 0 Å². The molecule has 0 fully saturated rings. The predicted octanol–water partition coefficient (Wildman–Crippen LogP) is -1.75. The smallest absolute Gasteiger partial charge is 0.198 e. The Morgan fingerprint density at radius 2 is 1.10 bits per heavy atom. The van der Waals surface area contributed by atoms with Gasteiger partial charge in [0.15, 0.2) is 11.6 Å². The van der Waals surface area contributed by atoms with Crippen molar-refractivity contribution in [1.82, 2.24) is 20.4 Å². The maximum absolute atomic E-state index is 8.43. The summed E-state index contributed by atoms with van der Waals surface area (Å²) in [7, 11) is 0. The number of aliphatic hydroxyl groups is 2. The van der Waals surface area contributed by atoms with Crippen molar-refractivity contribution in [1.29, 1.82) is 0 Å². The molecule has 0 unspecified atom stereocenters. The Morgan fingerprint density at radius 3 is 1.30 bits per heavy atom. The molecule has 0 atom stereocenters. The molecule has 1 heterocycles. The van der Waals surface area contributed by atoms with Crippen LogP contribution in [0.25, 0.3) is 0 Å². The molecule has 0 radical (unpaired) electrons. The summed E-state index contributed by atoms with van der Waals surface area (Å²) in [6, 6.07) is 0. The average molecular weight is 142 g/mol. The molecule has 1 aromatic rings. The maximum atomic E-state index is 8.43. The van der Waals surface area contributed by atoms with Gasteiger partial charge in [0.05, 0.1) is 0 Å². The Morgan fingerprint density at radius 1 is 0.800 bits per heavy atom. The predicted molar refractivity (Wildman–Crippen MR) is 29.5 cm³/mol. The van der Waals surface area contributed by atoms with Crippen LogP contribution in [-0.2, 0) is 13.2 Å². The Hall–Kier alpha value is -1.14. The van der Waals surface area contributed by atoms with Crippen LogP contribution in [0.5, 0.6) is 0 Å². The standard InChI is InChI=1S/C4H6N4O2/c9-1-3-5-7-4(2-10)8-6-3/h9-10H,1-2H2. The highest BCUT2D eigenvalue weighted by Gasteiger charge is 1.96. The lowest BCUT2D eigenvalue weighted by Gasteiger charge is -1.91. The van der Waals surface area contributed by atoms with E-state index in [9.17, 15) is 0 Å². The van der Waals surface area contributed by atoms with Crippen molar-refractivity contribution in [2.24, 2.45) is 0 Å². The molecular weight excluding hydrogens is 136 g/mol. The van der Waals surface area contributed by atoms with E-state index < -0.39 is 0 Å². The van der Waals surface area contributed by atoms with Crippen molar-refractivity contribution in [2.45, 2.75) is 13.2 Å². The highest BCUT2D eigenvalue weighted by atomic mass is 16.3. The first-order valence-electron chi connectivity index (χ1n) is 2.63. The molecule has 0 aromatic carbocycles. The summed E-state index contributed by atoms with van der Waals surface area (Å²) < 4.78 is 0. The normalized spacial score (nSPS) is 9.80. The molecule has 6 heteroatoms. The molecule has 1 rings (SSSR count). The van der Waals surface area contributed by atoms with Crippen LogP contribution in [0.1, 0.15) is 11.6 Å². The van der Waals surface area contributed by atoms with Gasteiger partial charge in [-0.2, -0.15) is 0 Å². The Labute approximate surface area is 56.6 Å². The van der Waals surface area contributed by atoms with Gasteiger partial charge in [-0.25, -0.2) is 0 Å². The number of rotatable bonds is 2. The lowest BCUT2D eigenvalue weighted by atomic mass is 10.6. The first-order chi connectivity index (χ1) is 4.86. The van der Waals surface area contributed by atoms with Crippen LogP contribution >= 0.6 is 0 Å². The number of aromatic nitrogens is 4. The van der Waals surface area contributed by atoms with E-state index in [1.807, 2.05) is 0 Å². The fourth-order valence-electron chi connectivity index (χ4n) is 0.397. The first-order valence-corrected chi connectivity index (χ1v) is 2.63. The van der Waals surface area contributed by atoms with Crippen LogP contribution in [0, 0.1) is 0 Å². The van der Waals surface area contributed by atoms with Gasteiger partial charge in [0.1, 0.15) is 13.2 Å². The largest absolute Gasteiger partial charge is 0.388 e. The molecule has 0 saturated heterocycles. The van der Waals surface area contributed by atoms with Crippen LogP contribution in [0.4, 0.5) is 0 Å². The lowest BCUT2D eigenvalue weighted by Crippen LogP contribution is -2.04. The molecule has 0 amide bonds. The molecular formula is C4H6N4O2. The summed E-state index contributed by atoms with van der Waals surface area (Å²) >= 11 is 0. The Bertz CT molecular complexity index is 176.